The van der Waals surface area contributed by atoms with Crippen molar-refractivity contribution in [2.75, 3.05) is 19.5 Å². The lowest BCUT2D eigenvalue weighted by Gasteiger charge is -2.08. The van der Waals surface area contributed by atoms with Crippen LogP contribution in [0.4, 0.5) is 5.69 Å². The fraction of sp³-hybridized carbons (Fsp3) is 0.0909. The van der Waals surface area contributed by atoms with Crippen molar-refractivity contribution in [2.45, 2.75) is 0 Å². The van der Waals surface area contributed by atoms with Crippen molar-refractivity contribution < 1.29 is 18.7 Å². The number of nitrogens with zero attached hydrogens (tertiary/aromatic N) is 1. The van der Waals surface area contributed by atoms with E-state index in [1.165, 1.54) is 13.2 Å². The molecule has 6 heteroatoms. The first-order valence-electron chi connectivity index (χ1n) is 8.45. The number of hydrogen-bond donors (Lipinski definition) is 1. The van der Waals surface area contributed by atoms with Crippen LogP contribution in [0.25, 0.3) is 17.4 Å². The molecule has 6 nitrogen and oxygen atoms in total. The summed E-state index contributed by atoms with van der Waals surface area (Å²) in [5.74, 6) is 1.73. The Bertz CT molecular complexity index is 1040. The summed E-state index contributed by atoms with van der Waals surface area (Å²) in [6.45, 7) is 0. The average molecular weight is 374 g/mol. The molecule has 1 amide bonds. The van der Waals surface area contributed by atoms with Crippen molar-refractivity contribution in [3.63, 3.8) is 0 Å². The summed E-state index contributed by atoms with van der Waals surface area (Å²) in [6, 6.07) is 19.7. The van der Waals surface area contributed by atoms with Gasteiger partial charge in [0.25, 0.3) is 5.91 Å². The molecule has 0 fully saturated rings. The average Bonchev–Trinajstić information content (AvgIpc) is 3.21. The van der Waals surface area contributed by atoms with Gasteiger partial charge in [-0.1, -0.05) is 12.1 Å². The number of rotatable bonds is 6. The number of methoxy groups -OCH3 is 2. The van der Waals surface area contributed by atoms with E-state index in [2.05, 4.69) is 5.32 Å². The van der Waals surface area contributed by atoms with Crippen LogP contribution < -0.4 is 14.8 Å². The van der Waals surface area contributed by atoms with Gasteiger partial charge in [-0.15, -0.1) is 0 Å². The molecule has 28 heavy (non-hydrogen) atoms. The number of furan rings is 1. The highest BCUT2D eigenvalue weighted by Crippen LogP contribution is 2.26. The van der Waals surface area contributed by atoms with Crippen LogP contribution in [0.3, 0.4) is 0 Å². The van der Waals surface area contributed by atoms with Gasteiger partial charge in [-0.05, 0) is 48.5 Å². The molecule has 0 spiro atoms. The SMILES string of the molecule is COc1ccc(-c2ccc(/C=C(\C#N)C(=O)Nc3ccccc3OC)o2)cc1. The van der Waals surface area contributed by atoms with Crippen LogP contribution in [-0.2, 0) is 4.79 Å². The fourth-order valence-electron chi connectivity index (χ4n) is 2.57. The molecule has 3 aromatic rings. The van der Waals surface area contributed by atoms with Gasteiger partial charge in [0.2, 0.25) is 0 Å². The summed E-state index contributed by atoms with van der Waals surface area (Å²) in [4.78, 5) is 12.5. The molecule has 140 valence electrons. The molecule has 0 aliphatic carbocycles. The number of para-hydroxylation sites is 2. The molecule has 0 unspecified atom stereocenters. The third kappa shape index (κ3) is 4.22. The van der Waals surface area contributed by atoms with E-state index in [0.717, 1.165) is 11.3 Å². The Morgan fingerprint density at radius 3 is 2.46 bits per heavy atom. The van der Waals surface area contributed by atoms with E-state index in [0.29, 0.717) is 23.0 Å². The van der Waals surface area contributed by atoms with E-state index < -0.39 is 5.91 Å². The largest absolute Gasteiger partial charge is 0.497 e. The molecule has 0 aliphatic heterocycles. The molecule has 1 N–H and O–H groups in total. The number of amides is 1. The Morgan fingerprint density at radius 2 is 1.79 bits per heavy atom. The van der Waals surface area contributed by atoms with Crippen molar-refractivity contribution in [1.82, 2.24) is 0 Å². The van der Waals surface area contributed by atoms with Gasteiger partial charge in [-0.25, -0.2) is 0 Å². The first-order valence-corrected chi connectivity index (χ1v) is 8.45. The van der Waals surface area contributed by atoms with Crippen LogP contribution in [0.5, 0.6) is 11.5 Å². The zero-order valence-corrected chi connectivity index (χ0v) is 15.4. The van der Waals surface area contributed by atoms with E-state index in [9.17, 15) is 10.1 Å². The van der Waals surface area contributed by atoms with Crippen molar-refractivity contribution >= 4 is 17.7 Å². The van der Waals surface area contributed by atoms with Crippen molar-refractivity contribution in [3.8, 4) is 28.9 Å². The van der Waals surface area contributed by atoms with Gasteiger partial charge in [0.15, 0.2) is 0 Å². The number of carbonyl (C=O) groups is 1. The molecule has 1 heterocycles. The minimum Gasteiger partial charge on any atom is -0.497 e. The number of hydrogen-bond acceptors (Lipinski definition) is 5. The van der Waals surface area contributed by atoms with Crippen LogP contribution in [0, 0.1) is 11.3 Å². The third-order valence-corrected chi connectivity index (χ3v) is 4.01. The Kier molecular flexibility index (Phi) is 5.78. The maximum Gasteiger partial charge on any atom is 0.266 e. The van der Waals surface area contributed by atoms with Crippen LogP contribution in [0.2, 0.25) is 0 Å². The molecule has 2 aromatic carbocycles. The maximum absolute atomic E-state index is 12.5. The number of benzene rings is 2. The zero-order chi connectivity index (χ0) is 19.9. The predicted molar refractivity (Wildman–Crippen MR) is 106 cm³/mol. The smallest absolute Gasteiger partial charge is 0.266 e. The summed E-state index contributed by atoms with van der Waals surface area (Å²) in [6.07, 6.45) is 1.40. The van der Waals surface area contributed by atoms with Gasteiger partial charge in [0.1, 0.15) is 34.7 Å². The standard InChI is InChI=1S/C22H18N2O4/c1-26-17-9-7-15(8-10-17)20-12-11-18(28-20)13-16(14-23)22(25)24-19-5-3-4-6-21(19)27-2/h3-13H,1-2H3,(H,24,25)/b16-13+. The zero-order valence-electron chi connectivity index (χ0n) is 15.4. The predicted octanol–water partition coefficient (Wildman–Crippen LogP) is 4.51. The molecule has 0 aliphatic rings. The van der Waals surface area contributed by atoms with E-state index in [-0.39, 0.29) is 5.57 Å². The number of carbonyl (C=O) groups excluding carboxylic acids is 1. The molecular weight excluding hydrogens is 356 g/mol. The number of nitriles is 1. The Morgan fingerprint density at radius 1 is 1.04 bits per heavy atom. The normalized spacial score (nSPS) is 10.8. The Labute approximate surface area is 162 Å². The van der Waals surface area contributed by atoms with E-state index in [1.807, 2.05) is 30.3 Å². The highest BCUT2D eigenvalue weighted by atomic mass is 16.5. The molecule has 0 atom stereocenters. The Balaban J connectivity index is 1.80. The van der Waals surface area contributed by atoms with E-state index >= 15 is 0 Å². The molecule has 1 aromatic heterocycles. The van der Waals surface area contributed by atoms with Gasteiger partial charge in [-0.3, -0.25) is 4.79 Å². The van der Waals surface area contributed by atoms with Gasteiger partial charge < -0.3 is 19.2 Å². The quantitative estimate of drug-likeness (QED) is 0.507. The Hall–Kier alpha value is -3.98. The number of nitrogens with one attached hydrogen (secondary N) is 1. The van der Waals surface area contributed by atoms with Gasteiger partial charge in [0.05, 0.1) is 19.9 Å². The molecule has 0 saturated heterocycles. The first kappa shape index (κ1) is 18.8. The van der Waals surface area contributed by atoms with Gasteiger partial charge in [0, 0.05) is 11.6 Å². The van der Waals surface area contributed by atoms with Crippen molar-refractivity contribution in [3.05, 3.63) is 72.0 Å². The number of anilines is 1. The molecule has 0 bridgehead atoms. The summed E-state index contributed by atoms with van der Waals surface area (Å²) in [5, 5.41) is 12.1. The van der Waals surface area contributed by atoms with Gasteiger partial charge in [-0.2, -0.15) is 5.26 Å². The van der Waals surface area contributed by atoms with Crippen LogP contribution in [0.15, 0.2) is 70.7 Å². The van der Waals surface area contributed by atoms with Crippen LogP contribution in [-0.4, -0.2) is 20.1 Å². The first-order chi connectivity index (χ1) is 13.6. The molecular formula is C22H18N2O4. The highest BCUT2D eigenvalue weighted by molar-refractivity contribution is 6.10. The molecule has 0 saturated carbocycles. The summed E-state index contributed by atoms with van der Waals surface area (Å²) in [5.41, 5.74) is 1.26. The fourth-order valence-corrected chi connectivity index (χ4v) is 2.57. The van der Waals surface area contributed by atoms with E-state index in [1.54, 1.807) is 43.5 Å². The number of ether oxygens (including phenoxy) is 2. The van der Waals surface area contributed by atoms with Crippen molar-refractivity contribution in [1.29, 1.82) is 5.26 Å². The highest BCUT2D eigenvalue weighted by Gasteiger charge is 2.13. The van der Waals surface area contributed by atoms with Gasteiger partial charge >= 0.3 is 0 Å². The lowest BCUT2D eigenvalue weighted by Crippen LogP contribution is -2.14. The molecule has 0 radical (unpaired) electrons. The maximum atomic E-state index is 12.5. The minimum atomic E-state index is -0.547. The lowest BCUT2D eigenvalue weighted by molar-refractivity contribution is -0.112. The third-order valence-electron chi connectivity index (χ3n) is 4.01. The monoisotopic (exact) mass is 374 g/mol. The second kappa shape index (κ2) is 8.60. The topological polar surface area (TPSA) is 84.5 Å². The van der Waals surface area contributed by atoms with E-state index in [4.69, 9.17) is 13.9 Å². The second-order valence-corrected chi connectivity index (χ2v) is 5.75. The lowest BCUT2D eigenvalue weighted by atomic mass is 10.2. The molecule has 3 rings (SSSR count). The summed E-state index contributed by atoms with van der Waals surface area (Å²) < 4.78 is 16.1. The second-order valence-electron chi connectivity index (χ2n) is 5.75. The summed E-state index contributed by atoms with van der Waals surface area (Å²) >= 11 is 0. The minimum absolute atomic E-state index is 0.0819. The summed E-state index contributed by atoms with van der Waals surface area (Å²) in [7, 11) is 3.11. The van der Waals surface area contributed by atoms with Crippen LogP contribution in [0.1, 0.15) is 5.76 Å². The van der Waals surface area contributed by atoms with Crippen molar-refractivity contribution in [2.24, 2.45) is 0 Å². The van der Waals surface area contributed by atoms with Crippen LogP contribution >= 0.6 is 0 Å².